The van der Waals surface area contributed by atoms with Crippen molar-refractivity contribution in [2.45, 2.75) is 13.2 Å². The van der Waals surface area contributed by atoms with Crippen molar-refractivity contribution in [1.29, 1.82) is 0 Å². The number of anilines is 1. The first-order chi connectivity index (χ1) is 10.3. The Bertz CT molecular complexity index is 569. The fraction of sp³-hybridized carbons (Fsp3) is 0.235. The lowest BCUT2D eigenvalue weighted by atomic mass is 10.2. The van der Waals surface area contributed by atoms with E-state index in [0.717, 1.165) is 16.8 Å². The molecule has 0 radical (unpaired) electrons. The highest BCUT2D eigenvalue weighted by Gasteiger charge is 2.03. The van der Waals surface area contributed by atoms with Gasteiger partial charge in [0.15, 0.2) is 0 Å². The number of ether oxygens (including phenoxy) is 2. The van der Waals surface area contributed by atoms with Crippen LogP contribution in [0.5, 0.6) is 0 Å². The van der Waals surface area contributed by atoms with Crippen molar-refractivity contribution in [3.8, 4) is 0 Å². The molecule has 0 aliphatic heterocycles. The summed E-state index contributed by atoms with van der Waals surface area (Å²) in [4.78, 5) is 11.8. The summed E-state index contributed by atoms with van der Waals surface area (Å²) in [5.41, 5.74) is 2.81. The van der Waals surface area contributed by atoms with Crippen molar-refractivity contribution in [3.63, 3.8) is 0 Å². The van der Waals surface area contributed by atoms with Gasteiger partial charge in [-0.25, -0.2) is 0 Å². The number of hydrogen-bond donors (Lipinski definition) is 1. The Hall–Kier alpha value is -2.17. The van der Waals surface area contributed by atoms with Crippen LogP contribution < -0.4 is 5.32 Å². The van der Waals surface area contributed by atoms with Gasteiger partial charge in [-0.2, -0.15) is 0 Å². The predicted molar refractivity (Wildman–Crippen MR) is 81.9 cm³/mol. The molecule has 4 heteroatoms. The van der Waals surface area contributed by atoms with Crippen LogP contribution in [0.3, 0.4) is 0 Å². The lowest BCUT2D eigenvalue weighted by Crippen LogP contribution is -2.18. The van der Waals surface area contributed by atoms with Gasteiger partial charge in [0.1, 0.15) is 6.61 Å². The van der Waals surface area contributed by atoms with E-state index in [2.05, 4.69) is 5.32 Å². The Morgan fingerprint density at radius 3 is 2.52 bits per heavy atom. The maximum absolute atomic E-state index is 11.8. The third-order valence-corrected chi connectivity index (χ3v) is 2.87. The molecule has 0 bridgehead atoms. The summed E-state index contributed by atoms with van der Waals surface area (Å²) < 4.78 is 10.5. The average Bonchev–Trinajstić information content (AvgIpc) is 2.49. The van der Waals surface area contributed by atoms with Gasteiger partial charge >= 0.3 is 0 Å². The van der Waals surface area contributed by atoms with Crippen molar-refractivity contribution in [3.05, 3.63) is 65.7 Å². The lowest BCUT2D eigenvalue weighted by Gasteiger charge is -2.08. The first kappa shape index (κ1) is 15.2. The topological polar surface area (TPSA) is 47.6 Å². The second kappa shape index (κ2) is 8.19. The van der Waals surface area contributed by atoms with Crippen LogP contribution in [0, 0.1) is 0 Å². The van der Waals surface area contributed by atoms with E-state index in [1.807, 2.05) is 54.6 Å². The molecule has 0 saturated carbocycles. The zero-order valence-electron chi connectivity index (χ0n) is 12.0. The molecule has 21 heavy (non-hydrogen) atoms. The number of carbonyl (C=O) groups excluding carboxylic acids is 1. The average molecular weight is 285 g/mol. The first-order valence-electron chi connectivity index (χ1n) is 6.77. The Balaban J connectivity index is 1.78. The number of rotatable bonds is 7. The highest BCUT2D eigenvalue weighted by molar-refractivity contribution is 5.91. The number of nitrogens with one attached hydrogen (secondary N) is 1. The summed E-state index contributed by atoms with van der Waals surface area (Å²) in [5.74, 6) is -0.166. The monoisotopic (exact) mass is 285 g/mol. The first-order valence-corrected chi connectivity index (χ1v) is 6.77. The predicted octanol–water partition coefficient (Wildman–Crippen LogP) is 2.99. The van der Waals surface area contributed by atoms with E-state index in [9.17, 15) is 4.79 Å². The van der Waals surface area contributed by atoms with Gasteiger partial charge in [0, 0.05) is 12.8 Å². The van der Waals surface area contributed by atoms with Gasteiger partial charge in [-0.05, 0) is 23.3 Å². The smallest absolute Gasteiger partial charge is 0.250 e. The molecule has 0 fully saturated rings. The van der Waals surface area contributed by atoms with Gasteiger partial charge in [-0.15, -0.1) is 0 Å². The van der Waals surface area contributed by atoms with Gasteiger partial charge in [-0.3, -0.25) is 4.79 Å². The molecule has 0 unspecified atom stereocenters. The maximum Gasteiger partial charge on any atom is 0.250 e. The van der Waals surface area contributed by atoms with Crippen LogP contribution in [-0.4, -0.2) is 19.6 Å². The molecule has 0 spiro atoms. The molecular weight excluding hydrogens is 266 g/mol. The summed E-state index contributed by atoms with van der Waals surface area (Å²) in [7, 11) is 1.64. The minimum atomic E-state index is -0.166. The summed E-state index contributed by atoms with van der Waals surface area (Å²) in [5, 5.41) is 2.81. The molecule has 0 aliphatic rings. The highest BCUT2D eigenvalue weighted by atomic mass is 16.5. The molecule has 2 rings (SSSR count). The van der Waals surface area contributed by atoms with Crippen LogP contribution in [0.15, 0.2) is 54.6 Å². The Morgan fingerprint density at radius 2 is 1.76 bits per heavy atom. The summed E-state index contributed by atoms with van der Waals surface area (Å²) in [6, 6.07) is 17.3. The summed E-state index contributed by atoms with van der Waals surface area (Å²) >= 11 is 0. The number of benzene rings is 2. The molecule has 1 amide bonds. The highest BCUT2D eigenvalue weighted by Crippen LogP contribution is 2.11. The minimum Gasteiger partial charge on any atom is -0.380 e. The fourth-order valence-electron chi connectivity index (χ4n) is 1.94. The molecule has 0 atom stereocenters. The Kier molecular flexibility index (Phi) is 5.94. The number of carbonyl (C=O) groups is 1. The van der Waals surface area contributed by atoms with Gasteiger partial charge in [0.2, 0.25) is 5.91 Å². The normalized spacial score (nSPS) is 10.3. The van der Waals surface area contributed by atoms with Crippen molar-refractivity contribution in [2.24, 2.45) is 0 Å². The van der Waals surface area contributed by atoms with Gasteiger partial charge < -0.3 is 14.8 Å². The van der Waals surface area contributed by atoms with E-state index in [-0.39, 0.29) is 12.5 Å². The zero-order chi connectivity index (χ0) is 14.9. The van der Waals surface area contributed by atoms with E-state index in [1.165, 1.54) is 0 Å². The van der Waals surface area contributed by atoms with Gasteiger partial charge in [-0.1, -0.05) is 42.5 Å². The van der Waals surface area contributed by atoms with E-state index < -0.39 is 0 Å². The zero-order valence-corrected chi connectivity index (χ0v) is 12.0. The largest absolute Gasteiger partial charge is 0.380 e. The van der Waals surface area contributed by atoms with E-state index >= 15 is 0 Å². The molecule has 2 aromatic rings. The van der Waals surface area contributed by atoms with E-state index in [1.54, 1.807) is 7.11 Å². The SMILES string of the molecule is COCc1cccc(NC(=O)COCc2ccccc2)c1. The van der Waals surface area contributed by atoms with Crippen molar-refractivity contribution in [1.82, 2.24) is 0 Å². The Labute approximate surface area is 124 Å². The number of methoxy groups -OCH3 is 1. The lowest BCUT2D eigenvalue weighted by molar-refractivity contribution is -0.121. The van der Waals surface area contributed by atoms with E-state index in [0.29, 0.717) is 13.2 Å². The van der Waals surface area contributed by atoms with Crippen LogP contribution >= 0.6 is 0 Å². The second-order valence-corrected chi connectivity index (χ2v) is 4.66. The van der Waals surface area contributed by atoms with Gasteiger partial charge in [0.25, 0.3) is 0 Å². The maximum atomic E-state index is 11.8. The van der Waals surface area contributed by atoms with Crippen LogP contribution in [0.4, 0.5) is 5.69 Å². The molecular formula is C17H19NO3. The molecule has 4 nitrogen and oxygen atoms in total. The van der Waals surface area contributed by atoms with Crippen LogP contribution in [0.2, 0.25) is 0 Å². The quantitative estimate of drug-likeness (QED) is 0.850. The third kappa shape index (κ3) is 5.38. The molecule has 0 aromatic heterocycles. The van der Waals surface area contributed by atoms with Crippen LogP contribution in [0.25, 0.3) is 0 Å². The molecule has 0 aliphatic carbocycles. The van der Waals surface area contributed by atoms with Crippen LogP contribution in [0.1, 0.15) is 11.1 Å². The standard InChI is InChI=1S/C17H19NO3/c1-20-11-15-8-5-9-16(10-15)18-17(19)13-21-12-14-6-3-2-4-7-14/h2-10H,11-13H2,1H3,(H,18,19). The third-order valence-electron chi connectivity index (χ3n) is 2.87. The molecule has 1 N–H and O–H groups in total. The molecule has 0 saturated heterocycles. The Morgan fingerprint density at radius 1 is 1.00 bits per heavy atom. The van der Waals surface area contributed by atoms with E-state index in [4.69, 9.17) is 9.47 Å². The summed E-state index contributed by atoms with van der Waals surface area (Å²) in [6.45, 7) is 0.982. The number of hydrogen-bond acceptors (Lipinski definition) is 3. The minimum absolute atomic E-state index is 0.0312. The van der Waals surface area contributed by atoms with Gasteiger partial charge in [0.05, 0.1) is 13.2 Å². The molecule has 110 valence electrons. The number of amides is 1. The van der Waals surface area contributed by atoms with Crippen molar-refractivity contribution in [2.75, 3.05) is 19.0 Å². The molecule has 0 heterocycles. The van der Waals surface area contributed by atoms with Crippen molar-refractivity contribution < 1.29 is 14.3 Å². The molecule has 2 aromatic carbocycles. The van der Waals surface area contributed by atoms with Crippen LogP contribution in [-0.2, 0) is 27.5 Å². The fourth-order valence-corrected chi connectivity index (χ4v) is 1.94. The second-order valence-electron chi connectivity index (χ2n) is 4.66. The summed E-state index contributed by atoms with van der Waals surface area (Å²) in [6.07, 6.45) is 0. The van der Waals surface area contributed by atoms with Crippen molar-refractivity contribution >= 4 is 11.6 Å².